The van der Waals surface area contributed by atoms with E-state index in [1.165, 1.54) is 4.31 Å². The topological polar surface area (TPSA) is 72.6 Å². The fourth-order valence-corrected chi connectivity index (χ4v) is 5.15. The molecule has 0 aromatic heterocycles. The minimum absolute atomic E-state index is 0. The molecule has 1 aromatic rings. The summed E-state index contributed by atoms with van der Waals surface area (Å²) in [5.41, 5.74) is 6.84. The Morgan fingerprint density at radius 3 is 2.86 bits per heavy atom. The third-order valence-corrected chi connectivity index (χ3v) is 6.08. The minimum Gasteiger partial charge on any atom is -0.492 e. The summed E-state index contributed by atoms with van der Waals surface area (Å²) in [6, 6.07) is 3.46. The van der Waals surface area contributed by atoms with Crippen LogP contribution in [-0.4, -0.2) is 38.5 Å². The molecular weight excluding hydrogens is 380 g/mol. The molecule has 1 atom stereocenters. The van der Waals surface area contributed by atoms with Gasteiger partial charge in [-0.3, -0.25) is 0 Å². The molecule has 1 fully saturated rings. The van der Waals surface area contributed by atoms with Crippen LogP contribution >= 0.6 is 28.3 Å². The number of benzene rings is 1. The van der Waals surface area contributed by atoms with Crippen LogP contribution in [-0.2, 0) is 16.4 Å². The third-order valence-electron chi connectivity index (χ3n) is 3.75. The molecule has 0 radical (unpaired) electrons. The lowest BCUT2D eigenvalue weighted by molar-refractivity contribution is 0.312. The predicted octanol–water partition coefficient (Wildman–Crippen LogP) is 1.92. The van der Waals surface area contributed by atoms with E-state index in [4.69, 9.17) is 10.5 Å². The highest BCUT2D eigenvalue weighted by Gasteiger charge is 2.33. The van der Waals surface area contributed by atoms with Gasteiger partial charge in [0.15, 0.2) is 0 Å². The van der Waals surface area contributed by atoms with Gasteiger partial charge in [-0.15, -0.1) is 12.4 Å². The number of ether oxygens (including phenoxy) is 1. The number of nitrogens with zero attached hydrogens (tertiary/aromatic N) is 1. The molecule has 8 heteroatoms. The van der Waals surface area contributed by atoms with Crippen molar-refractivity contribution in [1.82, 2.24) is 4.31 Å². The van der Waals surface area contributed by atoms with Gasteiger partial charge in [0.25, 0.3) is 0 Å². The number of halogens is 2. The normalized spacial score (nSPS) is 22.3. The Labute approximate surface area is 139 Å². The van der Waals surface area contributed by atoms with Crippen molar-refractivity contribution in [2.75, 3.05) is 19.7 Å². The van der Waals surface area contributed by atoms with Gasteiger partial charge in [-0.2, -0.15) is 4.31 Å². The molecule has 1 aromatic carbocycles. The maximum atomic E-state index is 12.8. The largest absolute Gasteiger partial charge is 0.492 e. The fourth-order valence-electron chi connectivity index (χ4n) is 2.76. The number of hydrogen-bond acceptors (Lipinski definition) is 4. The van der Waals surface area contributed by atoms with E-state index in [1.807, 2.05) is 6.07 Å². The van der Waals surface area contributed by atoms with Crippen LogP contribution < -0.4 is 10.5 Å². The number of piperidine rings is 1. The summed E-state index contributed by atoms with van der Waals surface area (Å²) < 4.78 is 33.4. The first kappa shape index (κ1) is 17.0. The molecule has 2 N–H and O–H groups in total. The zero-order chi connectivity index (χ0) is 14.3. The van der Waals surface area contributed by atoms with Crippen LogP contribution in [0, 0.1) is 0 Å². The lowest BCUT2D eigenvalue weighted by Crippen LogP contribution is -2.45. The first-order valence-electron chi connectivity index (χ1n) is 6.69. The summed E-state index contributed by atoms with van der Waals surface area (Å²) in [6.45, 7) is 1.44. The summed E-state index contributed by atoms with van der Waals surface area (Å²) >= 11 is 3.38. The van der Waals surface area contributed by atoms with E-state index in [2.05, 4.69) is 15.9 Å². The molecule has 2 aliphatic rings. The van der Waals surface area contributed by atoms with Crippen LogP contribution in [0.25, 0.3) is 0 Å². The highest BCUT2D eigenvalue weighted by atomic mass is 79.9. The van der Waals surface area contributed by atoms with Gasteiger partial charge in [-0.05, 0) is 25.0 Å². The molecule has 2 heterocycles. The van der Waals surface area contributed by atoms with Crippen molar-refractivity contribution in [1.29, 1.82) is 0 Å². The second kappa shape index (κ2) is 6.42. The molecule has 1 unspecified atom stereocenters. The van der Waals surface area contributed by atoms with Gasteiger partial charge in [0.2, 0.25) is 10.0 Å². The fraction of sp³-hybridized carbons (Fsp3) is 0.538. The van der Waals surface area contributed by atoms with Crippen LogP contribution in [0.1, 0.15) is 18.4 Å². The summed E-state index contributed by atoms with van der Waals surface area (Å²) in [5, 5.41) is 0. The molecule has 3 rings (SSSR count). The van der Waals surface area contributed by atoms with E-state index in [9.17, 15) is 8.42 Å². The van der Waals surface area contributed by atoms with Crippen LogP contribution in [0.5, 0.6) is 5.75 Å². The van der Waals surface area contributed by atoms with Crippen molar-refractivity contribution in [3.63, 3.8) is 0 Å². The van der Waals surface area contributed by atoms with Crippen molar-refractivity contribution < 1.29 is 13.2 Å². The van der Waals surface area contributed by atoms with E-state index < -0.39 is 10.0 Å². The maximum Gasteiger partial charge on any atom is 0.246 e. The average molecular weight is 398 g/mol. The molecule has 0 spiro atoms. The van der Waals surface area contributed by atoms with Crippen molar-refractivity contribution >= 4 is 38.4 Å². The Balaban J connectivity index is 0.00000161. The minimum atomic E-state index is -3.54. The van der Waals surface area contributed by atoms with Gasteiger partial charge in [-0.1, -0.05) is 15.9 Å². The van der Waals surface area contributed by atoms with E-state index in [1.54, 1.807) is 6.07 Å². The van der Waals surface area contributed by atoms with Gasteiger partial charge in [0, 0.05) is 35.6 Å². The number of sulfonamides is 1. The molecule has 2 aliphatic heterocycles. The second-order valence-electron chi connectivity index (χ2n) is 5.26. The molecule has 0 saturated carbocycles. The van der Waals surface area contributed by atoms with Gasteiger partial charge < -0.3 is 10.5 Å². The molecule has 1 saturated heterocycles. The molecular formula is C13H18BrClN2O3S. The number of rotatable bonds is 2. The average Bonchev–Trinajstić information content (AvgIpc) is 2.85. The molecule has 5 nitrogen and oxygen atoms in total. The van der Waals surface area contributed by atoms with E-state index in [0.717, 1.165) is 29.3 Å². The number of hydrogen-bond donors (Lipinski definition) is 1. The van der Waals surface area contributed by atoms with Crippen molar-refractivity contribution in [3.8, 4) is 5.75 Å². The summed E-state index contributed by atoms with van der Waals surface area (Å²) in [5.74, 6) is 0.507. The van der Waals surface area contributed by atoms with E-state index >= 15 is 0 Å². The van der Waals surface area contributed by atoms with Gasteiger partial charge in [0.05, 0.1) is 6.61 Å². The summed E-state index contributed by atoms with van der Waals surface area (Å²) in [4.78, 5) is 0.258. The Hall–Kier alpha value is -0.340. The molecule has 0 bridgehead atoms. The standard InChI is InChI=1S/C13H17BrN2O3S.ClH/c14-10-6-9-3-5-19-13(9)12(7-10)20(17,18)16-4-1-2-11(15)8-16;/h6-7,11H,1-5,8,15H2;1H. The summed E-state index contributed by atoms with van der Waals surface area (Å²) in [6.07, 6.45) is 2.42. The van der Waals surface area contributed by atoms with Crippen LogP contribution in [0.15, 0.2) is 21.5 Å². The monoisotopic (exact) mass is 396 g/mol. The predicted molar refractivity (Wildman–Crippen MR) is 86.6 cm³/mol. The first-order chi connectivity index (χ1) is 9.48. The van der Waals surface area contributed by atoms with Crippen LogP contribution in [0.4, 0.5) is 0 Å². The summed E-state index contributed by atoms with van der Waals surface area (Å²) in [7, 11) is -3.54. The molecule has 0 amide bonds. The smallest absolute Gasteiger partial charge is 0.246 e. The van der Waals surface area contributed by atoms with E-state index in [0.29, 0.717) is 25.4 Å². The Bertz CT molecular complexity index is 639. The zero-order valence-corrected chi connectivity index (χ0v) is 14.6. The highest BCUT2D eigenvalue weighted by molar-refractivity contribution is 9.10. The quantitative estimate of drug-likeness (QED) is 0.827. The van der Waals surface area contributed by atoms with Crippen molar-refractivity contribution in [3.05, 3.63) is 22.2 Å². The Morgan fingerprint density at radius 2 is 2.14 bits per heavy atom. The Morgan fingerprint density at radius 1 is 1.38 bits per heavy atom. The lowest BCUT2D eigenvalue weighted by Gasteiger charge is -2.30. The highest BCUT2D eigenvalue weighted by Crippen LogP contribution is 2.37. The Kier molecular flexibility index (Phi) is 5.20. The molecule has 21 heavy (non-hydrogen) atoms. The number of fused-ring (bicyclic) bond motifs is 1. The second-order valence-corrected chi connectivity index (χ2v) is 8.08. The van der Waals surface area contributed by atoms with Gasteiger partial charge >= 0.3 is 0 Å². The first-order valence-corrected chi connectivity index (χ1v) is 8.93. The lowest BCUT2D eigenvalue weighted by atomic mass is 10.1. The maximum absolute atomic E-state index is 12.8. The van der Waals surface area contributed by atoms with Crippen molar-refractivity contribution in [2.24, 2.45) is 5.73 Å². The zero-order valence-electron chi connectivity index (χ0n) is 11.4. The van der Waals surface area contributed by atoms with Crippen molar-refractivity contribution in [2.45, 2.75) is 30.2 Å². The molecule has 118 valence electrons. The third kappa shape index (κ3) is 3.22. The van der Waals surface area contributed by atoms with Crippen LogP contribution in [0.2, 0.25) is 0 Å². The van der Waals surface area contributed by atoms with E-state index in [-0.39, 0.29) is 23.3 Å². The van der Waals surface area contributed by atoms with Gasteiger partial charge in [-0.25, -0.2) is 8.42 Å². The van der Waals surface area contributed by atoms with Crippen LogP contribution in [0.3, 0.4) is 0 Å². The van der Waals surface area contributed by atoms with Gasteiger partial charge in [0.1, 0.15) is 10.6 Å². The number of nitrogens with two attached hydrogens (primary N) is 1. The SMILES string of the molecule is Cl.NC1CCCN(S(=O)(=O)c2cc(Br)cc3c2OCC3)C1. The molecule has 0 aliphatic carbocycles.